The third-order valence-corrected chi connectivity index (χ3v) is 12.0. The van der Waals surface area contributed by atoms with Crippen LogP contribution in [0.3, 0.4) is 0 Å². The Morgan fingerprint density at radius 1 is 0.800 bits per heavy atom. The number of carbonyl (C=O) groups is 2. The fraction of sp³-hybridized carbons (Fsp3) is 0.176. The second kappa shape index (κ2) is 9.15. The van der Waals surface area contributed by atoms with E-state index in [4.69, 9.17) is 0 Å². The van der Waals surface area contributed by atoms with Crippen molar-refractivity contribution in [1.82, 2.24) is 0 Å². The Hall–Kier alpha value is -3.74. The van der Waals surface area contributed by atoms with Gasteiger partial charge in [0.05, 0.1) is 41.0 Å². The summed E-state index contributed by atoms with van der Waals surface area (Å²) in [5, 5.41) is 0. The van der Waals surface area contributed by atoms with Crippen LogP contribution in [0, 0.1) is 11.8 Å². The lowest BCUT2D eigenvalue weighted by Crippen LogP contribution is -2.44. The molecule has 2 aliphatic heterocycles. The molecule has 0 saturated carbocycles. The average molecular weight is 563 g/mol. The Bertz CT molecular complexity index is 1840. The van der Waals surface area contributed by atoms with E-state index in [1.165, 1.54) is 0 Å². The zero-order valence-electron chi connectivity index (χ0n) is 22.0. The lowest BCUT2D eigenvalue weighted by molar-refractivity contribution is 0.101. The van der Waals surface area contributed by atoms with Crippen LogP contribution >= 0.6 is 0 Å². The molecule has 0 N–H and O–H groups in total. The number of fused-ring (bicyclic) bond motifs is 4. The Balaban J connectivity index is 1.45. The van der Waals surface area contributed by atoms with Crippen molar-refractivity contribution in [3.8, 4) is 0 Å². The van der Waals surface area contributed by atoms with E-state index < -0.39 is 26.3 Å². The predicted molar refractivity (Wildman–Crippen MR) is 157 cm³/mol. The lowest BCUT2D eigenvalue weighted by Gasteiger charge is -2.41. The molecule has 0 radical (unpaired) electrons. The van der Waals surface area contributed by atoms with Crippen molar-refractivity contribution in [3.63, 3.8) is 0 Å². The summed E-state index contributed by atoms with van der Waals surface area (Å²) in [6.45, 7) is 4.03. The van der Waals surface area contributed by atoms with Crippen LogP contribution in [0.2, 0.25) is 0 Å². The first kappa shape index (κ1) is 25.2. The van der Waals surface area contributed by atoms with Crippen LogP contribution in [0.4, 0.5) is 0 Å². The third kappa shape index (κ3) is 3.42. The lowest BCUT2D eigenvalue weighted by atomic mass is 9.69. The maximum Gasteiger partial charge on any atom is 0.196 e. The summed E-state index contributed by atoms with van der Waals surface area (Å²) < 4.78 is 26.7. The standard InChI is InChI=1S/C34H26O4S2/c1-20-10-7-13-21(22-14-8-18-28-30(22)32(35)23-11-3-5-16-26(23)39(28)37)29(20)25-15-9-19-34(2)31(25)33(36)24-12-4-6-17-27(24)40(34)38/h3-18,20,29H,19H2,1-2H3. The number of rotatable bonds is 2. The molecule has 0 aromatic heterocycles. The smallest absolute Gasteiger partial charge is 0.196 e. The molecule has 6 heteroatoms. The molecular weight excluding hydrogens is 537 g/mol. The highest BCUT2D eigenvalue weighted by Crippen LogP contribution is 2.50. The van der Waals surface area contributed by atoms with Crippen LogP contribution < -0.4 is 0 Å². The van der Waals surface area contributed by atoms with Crippen LogP contribution in [-0.4, -0.2) is 24.7 Å². The molecule has 0 fully saturated rings. The summed E-state index contributed by atoms with van der Waals surface area (Å²) in [4.78, 5) is 29.6. The van der Waals surface area contributed by atoms with Gasteiger partial charge in [-0.2, -0.15) is 0 Å². The fourth-order valence-electron chi connectivity index (χ4n) is 6.66. The van der Waals surface area contributed by atoms with Gasteiger partial charge in [0.1, 0.15) is 0 Å². The molecule has 198 valence electrons. The number of hydrogen-bond acceptors (Lipinski definition) is 4. The molecular formula is C34H26O4S2. The monoisotopic (exact) mass is 562 g/mol. The summed E-state index contributed by atoms with van der Waals surface area (Å²) in [5.41, 5.74) is 4.46. The molecule has 0 bridgehead atoms. The minimum Gasteiger partial charge on any atom is -0.289 e. The first-order valence-electron chi connectivity index (χ1n) is 13.4. The molecule has 40 heavy (non-hydrogen) atoms. The molecule has 5 atom stereocenters. The van der Waals surface area contributed by atoms with E-state index in [0.717, 1.165) is 16.7 Å². The molecule has 4 nitrogen and oxygen atoms in total. The topological polar surface area (TPSA) is 68.3 Å². The van der Waals surface area contributed by atoms with Gasteiger partial charge in [0.25, 0.3) is 0 Å². The van der Waals surface area contributed by atoms with E-state index in [9.17, 15) is 18.0 Å². The predicted octanol–water partition coefficient (Wildman–Crippen LogP) is 6.62. The van der Waals surface area contributed by atoms with Gasteiger partial charge >= 0.3 is 0 Å². The van der Waals surface area contributed by atoms with Gasteiger partial charge < -0.3 is 0 Å². The Kier molecular flexibility index (Phi) is 5.77. The van der Waals surface area contributed by atoms with Crippen molar-refractivity contribution in [2.75, 3.05) is 0 Å². The summed E-state index contributed by atoms with van der Waals surface area (Å²) in [5.74, 6) is -0.486. The Labute approximate surface area is 238 Å². The van der Waals surface area contributed by atoms with Gasteiger partial charge in [-0.05, 0) is 66.3 Å². The normalized spacial score (nSPS) is 28.4. The molecule has 2 aliphatic carbocycles. The van der Waals surface area contributed by atoms with Crippen molar-refractivity contribution in [1.29, 1.82) is 0 Å². The molecule has 3 aromatic carbocycles. The molecule has 7 rings (SSSR count). The summed E-state index contributed by atoms with van der Waals surface area (Å²) in [7, 11) is -2.89. The number of Topliss-reactive ketones (excluding diaryl/α,β-unsaturated/α-hetero) is 1. The molecule has 0 amide bonds. The van der Waals surface area contributed by atoms with E-state index >= 15 is 0 Å². The van der Waals surface area contributed by atoms with E-state index in [1.807, 2.05) is 55.5 Å². The zero-order chi connectivity index (χ0) is 27.8. The zero-order valence-corrected chi connectivity index (χ0v) is 23.7. The minimum atomic E-state index is -1.49. The first-order valence-corrected chi connectivity index (χ1v) is 15.7. The maximum absolute atomic E-state index is 14.1. The third-order valence-electron chi connectivity index (χ3n) is 8.57. The van der Waals surface area contributed by atoms with Gasteiger partial charge in [0.2, 0.25) is 0 Å². The van der Waals surface area contributed by atoms with Gasteiger partial charge in [-0.15, -0.1) is 0 Å². The second-order valence-electron chi connectivity index (χ2n) is 10.9. The molecule has 3 aromatic rings. The van der Waals surface area contributed by atoms with Crippen molar-refractivity contribution in [2.24, 2.45) is 11.8 Å². The van der Waals surface area contributed by atoms with Crippen LogP contribution in [-0.2, 0) is 21.6 Å². The van der Waals surface area contributed by atoms with Crippen LogP contribution in [0.1, 0.15) is 52.1 Å². The Morgan fingerprint density at radius 2 is 1.45 bits per heavy atom. The van der Waals surface area contributed by atoms with Gasteiger partial charge in [-0.25, -0.2) is 4.21 Å². The number of benzene rings is 3. The Morgan fingerprint density at radius 3 is 2.23 bits per heavy atom. The molecule has 2 heterocycles. The number of hydrogen-bond donors (Lipinski definition) is 0. The highest BCUT2D eigenvalue weighted by Gasteiger charge is 2.49. The fourth-order valence-corrected chi connectivity index (χ4v) is 9.74. The van der Waals surface area contributed by atoms with Gasteiger partial charge in [-0.3, -0.25) is 13.8 Å². The minimum absolute atomic E-state index is 0.000220. The highest BCUT2D eigenvalue weighted by molar-refractivity contribution is 7.87. The van der Waals surface area contributed by atoms with E-state index in [1.54, 1.807) is 42.5 Å². The number of carbonyl (C=O) groups excluding carboxylic acids is 2. The highest BCUT2D eigenvalue weighted by atomic mass is 32.2. The molecule has 0 saturated heterocycles. The summed E-state index contributed by atoms with van der Waals surface area (Å²) >= 11 is 0. The summed E-state index contributed by atoms with van der Waals surface area (Å²) in [6.07, 6.45) is 10.6. The van der Waals surface area contributed by atoms with Gasteiger partial charge in [0.15, 0.2) is 11.6 Å². The van der Waals surface area contributed by atoms with Crippen molar-refractivity contribution < 1.29 is 18.0 Å². The second-order valence-corrected chi connectivity index (χ2v) is 14.2. The molecule has 4 aliphatic rings. The molecule has 5 unspecified atom stereocenters. The summed E-state index contributed by atoms with van der Waals surface area (Å²) in [6, 6.07) is 19.8. The van der Waals surface area contributed by atoms with Crippen LogP contribution in [0.15, 0.2) is 123 Å². The maximum atomic E-state index is 14.1. The van der Waals surface area contributed by atoms with E-state index in [-0.39, 0.29) is 23.4 Å². The first-order chi connectivity index (χ1) is 19.3. The van der Waals surface area contributed by atoms with Crippen molar-refractivity contribution in [3.05, 3.63) is 131 Å². The molecule has 0 spiro atoms. The SMILES string of the molecule is CC1C=CC=C(c2cccc3c2C(=O)c2ccccc2S3=O)C1C1=C2C(=O)c3ccccc3S(=O)C2(C)CC=C1. The van der Waals surface area contributed by atoms with Crippen LogP contribution in [0.5, 0.6) is 0 Å². The number of ketones is 2. The van der Waals surface area contributed by atoms with Gasteiger partial charge in [0, 0.05) is 28.2 Å². The number of allylic oxidation sites excluding steroid dienone is 7. The van der Waals surface area contributed by atoms with Crippen molar-refractivity contribution >= 4 is 38.7 Å². The van der Waals surface area contributed by atoms with Crippen molar-refractivity contribution in [2.45, 2.75) is 39.7 Å². The quantitative estimate of drug-likeness (QED) is 0.275. The van der Waals surface area contributed by atoms with Crippen LogP contribution in [0.25, 0.3) is 5.57 Å². The van der Waals surface area contributed by atoms with Gasteiger partial charge in [-0.1, -0.05) is 73.7 Å². The largest absolute Gasteiger partial charge is 0.289 e. The average Bonchev–Trinajstić information content (AvgIpc) is 2.98. The van der Waals surface area contributed by atoms with E-state index in [2.05, 4.69) is 13.0 Å². The van der Waals surface area contributed by atoms with E-state index in [0.29, 0.717) is 43.4 Å².